The number of aliphatic hydroxyl groups is 1. The molecule has 2 saturated heterocycles. The van der Waals surface area contributed by atoms with Crippen LogP contribution in [-0.2, 0) is 37.0 Å². The molecule has 0 radical (unpaired) electrons. The molecule has 0 unspecified atom stereocenters. The number of carbonyl (C=O) groups is 4. The Kier molecular flexibility index (Phi) is 11.2. The summed E-state index contributed by atoms with van der Waals surface area (Å²) < 4.78 is 53.1. The Hall–Kier alpha value is -4.68. The van der Waals surface area contributed by atoms with E-state index in [2.05, 4.69) is 10.1 Å². The molecule has 2 N–H and O–H groups in total. The highest BCUT2D eigenvalue weighted by atomic mass is 32.2. The fourth-order valence-corrected chi connectivity index (χ4v) is 8.25. The monoisotopic (exact) mass is 764 g/mol. The maximum absolute atomic E-state index is 13.7. The summed E-state index contributed by atoms with van der Waals surface area (Å²) in [7, 11) is 0. The van der Waals surface area contributed by atoms with Gasteiger partial charge >= 0.3 is 18.4 Å². The number of aldehydes is 1. The van der Waals surface area contributed by atoms with Crippen LogP contribution >= 0.6 is 11.8 Å². The van der Waals surface area contributed by atoms with Crippen molar-refractivity contribution in [2.24, 2.45) is 11.8 Å². The van der Waals surface area contributed by atoms with E-state index in [1.165, 1.54) is 64.9 Å². The van der Waals surface area contributed by atoms with Crippen LogP contribution in [0.1, 0.15) is 52.2 Å². The zero-order chi connectivity index (χ0) is 39.0. The molecule has 0 saturated carbocycles. The number of nitro benzene ring substituents is 1. The number of alkyl halides is 3. The van der Waals surface area contributed by atoms with Gasteiger partial charge in [0.25, 0.3) is 5.69 Å². The number of carbonyl (C=O) groups excluding carboxylic acids is 4. The molecule has 53 heavy (non-hydrogen) atoms. The van der Waals surface area contributed by atoms with Gasteiger partial charge in [0.15, 0.2) is 11.9 Å². The third-order valence-corrected chi connectivity index (χ3v) is 10.6. The largest absolute Gasteiger partial charge is 0.573 e. The second kappa shape index (κ2) is 15.0. The molecule has 286 valence electrons. The Morgan fingerprint density at radius 1 is 1.13 bits per heavy atom. The molecule has 3 aliphatic rings. The quantitative estimate of drug-likeness (QED) is 0.0970. The van der Waals surface area contributed by atoms with Gasteiger partial charge < -0.3 is 24.2 Å². The summed E-state index contributed by atoms with van der Waals surface area (Å²) in [5, 5.41) is 24.0. The van der Waals surface area contributed by atoms with E-state index < -0.39 is 75.5 Å². The number of non-ortho nitro benzene ring substituents is 1. The fourth-order valence-electron chi connectivity index (χ4n) is 6.69. The van der Waals surface area contributed by atoms with E-state index in [-0.39, 0.29) is 37.5 Å². The van der Waals surface area contributed by atoms with Gasteiger partial charge in [0.05, 0.1) is 23.0 Å². The van der Waals surface area contributed by atoms with Crippen molar-refractivity contribution in [1.29, 1.82) is 0 Å². The molecule has 0 spiro atoms. The van der Waals surface area contributed by atoms with E-state index in [9.17, 15) is 47.6 Å². The first-order chi connectivity index (χ1) is 24.7. The maximum Gasteiger partial charge on any atom is 0.573 e. The van der Waals surface area contributed by atoms with E-state index >= 15 is 0 Å². The van der Waals surface area contributed by atoms with Crippen molar-refractivity contribution in [1.82, 2.24) is 15.1 Å². The number of benzene rings is 2. The predicted octanol–water partition coefficient (Wildman–Crippen LogP) is 5.03. The molecule has 2 fully saturated rings. The Bertz CT molecular complexity index is 1780. The number of esters is 1. The number of ether oxygens (including phenoxy) is 3. The zero-order valence-electron chi connectivity index (χ0n) is 29.4. The number of aliphatic hydroxyl groups excluding tert-OH is 1. The van der Waals surface area contributed by atoms with Gasteiger partial charge in [-0.1, -0.05) is 19.1 Å². The minimum absolute atomic E-state index is 0.00939. The minimum atomic E-state index is -4.87. The molecule has 2 aromatic rings. The molecule has 14 nitrogen and oxygen atoms in total. The number of thioether (sulfide) groups is 1. The number of fused-ring (bicyclic) bond motifs is 1. The van der Waals surface area contributed by atoms with Crippen LogP contribution in [-0.4, -0.2) is 85.7 Å². The lowest BCUT2D eigenvalue weighted by molar-refractivity contribution is -0.384. The average Bonchev–Trinajstić information content (AvgIpc) is 3.55. The molecule has 2 amide bonds. The van der Waals surface area contributed by atoms with E-state index in [0.717, 1.165) is 12.1 Å². The fraction of sp³-hybridized carbons (Fsp3) is 0.486. The van der Waals surface area contributed by atoms with Crippen LogP contribution in [0.15, 0.2) is 59.1 Å². The number of β-lactam (4-membered cyclic amide) rings is 1. The lowest BCUT2D eigenvalue weighted by atomic mass is 9.79. The van der Waals surface area contributed by atoms with Crippen LogP contribution in [0.5, 0.6) is 5.75 Å². The summed E-state index contributed by atoms with van der Waals surface area (Å²) in [6, 6.07) is 9.86. The number of nitrogens with one attached hydrogen (secondary N) is 1. The summed E-state index contributed by atoms with van der Waals surface area (Å²) in [5.74, 6) is -2.97. The zero-order valence-corrected chi connectivity index (χ0v) is 30.2. The van der Waals surface area contributed by atoms with E-state index in [4.69, 9.17) is 9.47 Å². The third kappa shape index (κ3) is 8.60. The predicted molar refractivity (Wildman–Crippen MR) is 183 cm³/mol. The lowest BCUT2D eigenvalue weighted by Crippen LogP contribution is -2.63. The Morgan fingerprint density at radius 2 is 1.75 bits per heavy atom. The molecule has 18 heteroatoms. The summed E-state index contributed by atoms with van der Waals surface area (Å²) in [6.45, 7) is 7.94. The number of hydrogen-bond acceptors (Lipinski definition) is 12. The summed E-state index contributed by atoms with van der Waals surface area (Å²) in [4.78, 5) is 67.0. The Balaban J connectivity index is 1.41. The van der Waals surface area contributed by atoms with Crippen molar-refractivity contribution in [3.8, 4) is 5.75 Å². The van der Waals surface area contributed by atoms with Crippen molar-refractivity contribution in [2.45, 2.75) is 89.2 Å². The van der Waals surface area contributed by atoms with Crippen molar-refractivity contribution in [3.05, 3.63) is 80.4 Å². The van der Waals surface area contributed by atoms with Gasteiger partial charge in [0, 0.05) is 47.7 Å². The van der Waals surface area contributed by atoms with Crippen molar-refractivity contribution < 1.29 is 56.6 Å². The first-order valence-corrected chi connectivity index (χ1v) is 17.5. The molecule has 5 rings (SSSR count). The van der Waals surface area contributed by atoms with Crippen molar-refractivity contribution in [2.75, 3.05) is 6.54 Å². The molecule has 3 heterocycles. The standard InChI is InChI=1S/C35H39F3N4O10S/c1-19-27-26(20(2)44)30(45)41(27)28(31(46)50-17-22-6-10-23(11-7-22)42(48)49)29(19)53-25-14-34(18-43,40(16-25)32(47)52-33(3,4)5)39-15-21-8-12-24(13-9-21)51-35(36,37)38/h6-13,18-20,25-27,39,44H,14-17H2,1-5H3/t19-,20-,25+,26-,27-,34+/m1/s1. The van der Waals surface area contributed by atoms with Gasteiger partial charge in [-0.25, -0.2) is 9.59 Å². The summed E-state index contributed by atoms with van der Waals surface area (Å²) in [6.07, 6.45) is -6.12. The van der Waals surface area contributed by atoms with Gasteiger partial charge in [0.1, 0.15) is 23.7 Å². The van der Waals surface area contributed by atoms with Crippen LogP contribution in [0.3, 0.4) is 0 Å². The van der Waals surface area contributed by atoms with Crippen LogP contribution < -0.4 is 10.1 Å². The number of nitrogens with zero attached hydrogens (tertiary/aromatic N) is 3. The topological polar surface area (TPSA) is 178 Å². The summed E-state index contributed by atoms with van der Waals surface area (Å²) >= 11 is 1.19. The lowest BCUT2D eigenvalue weighted by Gasteiger charge is -2.46. The van der Waals surface area contributed by atoms with E-state index in [1.807, 2.05) is 0 Å². The molecule has 6 atom stereocenters. The first kappa shape index (κ1) is 39.5. The van der Waals surface area contributed by atoms with Crippen LogP contribution in [0.2, 0.25) is 0 Å². The SMILES string of the molecule is C[C@@H](O)[C@H]1C(=O)N2C(C(=O)OCc3ccc([N+](=O)[O-])cc3)=C(S[C@@H]3CN(C(=O)OC(C)(C)C)[C@@](C=O)(NCc4ccc(OC(F)(F)F)cc4)C3)[C@H](C)[C@H]12. The van der Waals surface area contributed by atoms with E-state index in [0.29, 0.717) is 22.3 Å². The Labute approximate surface area is 306 Å². The first-order valence-electron chi connectivity index (χ1n) is 16.6. The minimum Gasteiger partial charge on any atom is -0.456 e. The second-order valence-electron chi connectivity index (χ2n) is 14.1. The van der Waals surface area contributed by atoms with Crippen LogP contribution in [0, 0.1) is 22.0 Å². The number of amides is 2. The number of halogens is 3. The average molecular weight is 765 g/mol. The van der Waals surface area contributed by atoms with Gasteiger partial charge in [0.2, 0.25) is 5.91 Å². The van der Waals surface area contributed by atoms with Gasteiger partial charge in [-0.15, -0.1) is 24.9 Å². The Morgan fingerprint density at radius 3 is 2.30 bits per heavy atom. The second-order valence-corrected chi connectivity index (χ2v) is 15.4. The molecule has 2 aromatic carbocycles. The summed E-state index contributed by atoms with van der Waals surface area (Å²) in [5.41, 5.74) is -1.80. The molecular weight excluding hydrogens is 725 g/mol. The van der Waals surface area contributed by atoms with Gasteiger partial charge in [-0.2, -0.15) is 0 Å². The van der Waals surface area contributed by atoms with Crippen molar-refractivity contribution >= 4 is 41.7 Å². The van der Waals surface area contributed by atoms with Crippen LogP contribution in [0.25, 0.3) is 0 Å². The molecule has 3 aliphatic heterocycles. The van der Waals surface area contributed by atoms with Crippen molar-refractivity contribution in [3.63, 3.8) is 0 Å². The number of rotatable bonds is 12. The number of nitro groups is 1. The molecule has 0 aliphatic carbocycles. The molecule has 0 aromatic heterocycles. The highest BCUT2D eigenvalue weighted by molar-refractivity contribution is 8.03. The maximum atomic E-state index is 13.7. The smallest absolute Gasteiger partial charge is 0.456 e. The van der Waals surface area contributed by atoms with Gasteiger partial charge in [-0.05, 0) is 63.1 Å². The highest BCUT2D eigenvalue weighted by Gasteiger charge is 2.61. The molecular formula is C35H39F3N4O10S. The highest BCUT2D eigenvalue weighted by Crippen LogP contribution is 2.53. The van der Waals surface area contributed by atoms with Gasteiger partial charge in [-0.3, -0.25) is 29.9 Å². The number of likely N-dealkylation sites (tertiary alicyclic amines) is 1. The van der Waals surface area contributed by atoms with Crippen LogP contribution in [0.4, 0.5) is 23.7 Å². The normalized spacial score (nSPS) is 24.7. The number of hydrogen-bond donors (Lipinski definition) is 2. The molecule has 0 bridgehead atoms. The third-order valence-electron chi connectivity index (χ3n) is 9.08. The van der Waals surface area contributed by atoms with E-state index in [1.54, 1.807) is 27.7 Å².